The zero-order chi connectivity index (χ0) is 16.3. The molecule has 0 amide bonds. The Morgan fingerprint density at radius 2 is 1.65 bits per heavy atom. The fourth-order valence-electron chi connectivity index (χ4n) is 3.82. The Hall–Kier alpha value is -2.23. The van der Waals surface area contributed by atoms with Crippen molar-refractivity contribution in [3.05, 3.63) is 64.7 Å². The molecule has 2 nitrogen and oxygen atoms in total. The van der Waals surface area contributed by atoms with Gasteiger partial charge in [0.05, 0.1) is 0 Å². The molecule has 3 aromatic rings. The lowest BCUT2D eigenvalue weighted by atomic mass is 9.81. The van der Waals surface area contributed by atoms with Gasteiger partial charge in [-0.2, -0.15) is 0 Å². The average Bonchev–Trinajstić information content (AvgIpc) is 2.55. The molecule has 0 fully saturated rings. The van der Waals surface area contributed by atoms with Crippen LogP contribution in [0.25, 0.3) is 27.4 Å². The van der Waals surface area contributed by atoms with Gasteiger partial charge in [-0.15, -0.1) is 0 Å². The Morgan fingerprint density at radius 1 is 0.913 bits per heavy atom. The van der Waals surface area contributed by atoms with Gasteiger partial charge in [0.25, 0.3) is 0 Å². The van der Waals surface area contributed by atoms with Crippen molar-refractivity contribution >= 4 is 27.4 Å². The van der Waals surface area contributed by atoms with Gasteiger partial charge in [0, 0.05) is 5.56 Å². The minimum absolute atomic E-state index is 0.421. The third kappa shape index (κ3) is 1.87. The van der Waals surface area contributed by atoms with E-state index in [0.29, 0.717) is 11.1 Å². The number of hydrogen-bond donors (Lipinski definition) is 2. The van der Waals surface area contributed by atoms with Crippen molar-refractivity contribution in [2.75, 3.05) is 0 Å². The molecular formula is C20H17FO2. The van der Waals surface area contributed by atoms with Gasteiger partial charge in [0.2, 0.25) is 0 Å². The van der Waals surface area contributed by atoms with Gasteiger partial charge in [-0.05, 0) is 58.2 Å². The number of fused-ring (bicyclic) bond motifs is 4. The number of aryl methyl sites for hydroxylation is 2. The van der Waals surface area contributed by atoms with E-state index in [2.05, 4.69) is 0 Å². The van der Waals surface area contributed by atoms with Gasteiger partial charge in [0.1, 0.15) is 18.0 Å². The molecule has 23 heavy (non-hydrogen) atoms. The zero-order valence-corrected chi connectivity index (χ0v) is 13.0. The Morgan fingerprint density at radius 3 is 2.43 bits per heavy atom. The second-order valence-electron chi connectivity index (χ2n) is 6.20. The first-order valence-corrected chi connectivity index (χ1v) is 7.69. The summed E-state index contributed by atoms with van der Waals surface area (Å²) < 4.78 is 14.6. The van der Waals surface area contributed by atoms with Gasteiger partial charge in [-0.25, -0.2) is 4.39 Å². The van der Waals surface area contributed by atoms with E-state index in [1.165, 1.54) is 0 Å². The van der Waals surface area contributed by atoms with Crippen LogP contribution in [0.3, 0.4) is 0 Å². The molecule has 0 radical (unpaired) electrons. The Balaban J connectivity index is 2.25. The number of benzene rings is 3. The molecule has 3 heteroatoms. The molecule has 2 atom stereocenters. The fourth-order valence-corrected chi connectivity index (χ4v) is 3.82. The van der Waals surface area contributed by atoms with Crippen LogP contribution >= 0.6 is 0 Å². The van der Waals surface area contributed by atoms with Crippen LogP contribution in [0.5, 0.6) is 0 Å². The topological polar surface area (TPSA) is 40.5 Å². The van der Waals surface area contributed by atoms with Crippen LogP contribution in [0.2, 0.25) is 0 Å². The number of aliphatic hydroxyl groups is 2. The average molecular weight is 308 g/mol. The van der Waals surface area contributed by atoms with E-state index in [0.717, 1.165) is 38.7 Å². The summed E-state index contributed by atoms with van der Waals surface area (Å²) in [6.45, 7) is 3.76. The summed E-state index contributed by atoms with van der Waals surface area (Å²) in [6, 6.07) is 12.1. The second-order valence-corrected chi connectivity index (χ2v) is 6.20. The van der Waals surface area contributed by atoms with E-state index >= 15 is 0 Å². The summed E-state index contributed by atoms with van der Waals surface area (Å²) in [7, 11) is 0. The molecule has 0 aromatic heterocycles. The van der Waals surface area contributed by atoms with Crippen molar-refractivity contribution in [2.24, 2.45) is 0 Å². The van der Waals surface area contributed by atoms with Crippen molar-refractivity contribution in [1.29, 1.82) is 0 Å². The number of aliphatic hydroxyl groups excluding tert-OH is 2. The molecule has 0 spiro atoms. The molecule has 2 N–H and O–H groups in total. The first kappa shape index (κ1) is 14.4. The Kier molecular flexibility index (Phi) is 3.05. The van der Waals surface area contributed by atoms with E-state index in [4.69, 9.17) is 0 Å². The van der Waals surface area contributed by atoms with Gasteiger partial charge in [-0.1, -0.05) is 36.4 Å². The lowest BCUT2D eigenvalue weighted by Crippen LogP contribution is -2.22. The highest BCUT2D eigenvalue weighted by Crippen LogP contribution is 2.43. The van der Waals surface area contributed by atoms with Crippen LogP contribution < -0.4 is 0 Å². The lowest BCUT2D eigenvalue weighted by molar-refractivity contribution is 0.0454. The molecule has 2 unspecified atom stereocenters. The quantitative estimate of drug-likeness (QED) is 0.607. The fraction of sp³-hybridized carbons (Fsp3) is 0.200. The lowest BCUT2D eigenvalue weighted by Gasteiger charge is -2.28. The summed E-state index contributed by atoms with van der Waals surface area (Å²) in [5, 5.41) is 24.4. The zero-order valence-electron chi connectivity index (χ0n) is 13.0. The van der Waals surface area contributed by atoms with E-state index in [1.807, 2.05) is 50.2 Å². The molecule has 0 bridgehead atoms. The van der Waals surface area contributed by atoms with Crippen molar-refractivity contribution in [3.8, 4) is 0 Å². The highest BCUT2D eigenvalue weighted by atomic mass is 19.1. The predicted molar refractivity (Wildman–Crippen MR) is 91.0 cm³/mol. The Labute approximate surface area is 133 Å². The first-order chi connectivity index (χ1) is 11.0. The maximum atomic E-state index is 14.6. The van der Waals surface area contributed by atoms with Crippen LogP contribution in [0.15, 0.2) is 42.5 Å². The molecule has 0 saturated carbocycles. The third-order valence-electron chi connectivity index (χ3n) is 4.93. The van der Waals surface area contributed by atoms with E-state index < -0.39 is 18.0 Å². The van der Waals surface area contributed by atoms with Crippen molar-refractivity contribution in [2.45, 2.75) is 26.1 Å². The third-order valence-corrected chi connectivity index (χ3v) is 4.93. The van der Waals surface area contributed by atoms with Gasteiger partial charge >= 0.3 is 0 Å². The normalized spacial score (nSPS) is 20.7. The molecular weight excluding hydrogens is 291 g/mol. The Bertz CT molecular complexity index is 988. The predicted octanol–water partition coefficient (Wildman–Crippen LogP) is 4.33. The standard InChI is InChI=1S/C20H17FO2/c1-10-13-8-7-12-5-3-4-6-14(12)17(13)11(2)18-15(21)9-16(22)20(23)19(10)18/h3-9,16,20,22-23H,1-2H3. The minimum atomic E-state index is -1.21. The summed E-state index contributed by atoms with van der Waals surface area (Å²) in [5.41, 5.74) is 2.54. The van der Waals surface area contributed by atoms with Gasteiger partial charge in [-0.3, -0.25) is 0 Å². The van der Waals surface area contributed by atoms with Crippen molar-refractivity contribution in [3.63, 3.8) is 0 Å². The SMILES string of the molecule is Cc1c2c(c(C)c3c1ccc1ccccc13)C(F)=CC(O)C2O. The monoisotopic (exact) mass is 308 g/mol. The van der Waals surface area contributed by atoms with Crippen molar-refractivity contribution in [1.82, 2.24) is 0 Å². The second kappa shape index (κ2) is 4.88. The molecule has 0 saturated heterocycles. The van der Waals surface area contributed by atoms with Crippen LogP contribution in [0.1, 0.15) is 28.4 Å². The van der Waals surface area contributed by atoms with Crippen LogP contribution in [0.4, 0.5) is 4.39 Å². The summed E-state index contributed by atoms with van der Waals surface area (Å²) in [5.74, 6) is -0.465. The largest absolute Gasteiger partial charge is 0.386 e. The summed E-state index contributed by atoms with van der Waals surface area (Å²) in [4.78, 5) is 0. The van der Waals surface area contributed by atoms with Crippen LogP contribution in [-0.2, 0) is 0 Å². The summed E-state index contributed by atoms with van der Waals surface area (Å²) in [6.07, 6.45) is -1.21. The maximum Gasteiger partial charge on any atom is 0.129 e. The number of halogens is 1. The smallest absolute Gasteiger partial charge is 0.129 e. The molecule has 116 valence electrons. The van der Waals surface area contributed by atoms with Gasteiger partial charge < -0.3 is 10.2 Å². The van der Waals surface area contributed by atoms with E-state index in [-0.39, 0.29) is 0 Å². The van der Waals surface area contributed by atoms with E-state index in [1.54, 1.807) is 0 Å². The highest BCUT2D eigenvalue weighted by Gasteiger charge is 2.31. The highest BCUT2D eigenvalue weighted by molar-refractivity contribution is 6.11. The van der Waals surface area contributed by atoms with Crippen LogP contribution in [-0.4, -0.2) is 16.3 Å². The summed E-state index contributed by atoms with van der Waals surface area (Å²) >= 11 is 0. The number of rotatable bonds is 0. The van der Waals surface area contributed by atoms with Crippen molar-refractivity contribution < 1.29 is 14.6 Å². The van der Waals surface area contributed by atoms with Gasteiger partial charge in [0.15, 0.2) is 0 Å². The molecule has 0 aliphatic heterocycles. The first-order valence-electron chi connectivity index (χ1n) is 7.69. The molecule has 0 heterocycles. The van der Waals surface area contributed by atoms with Crippen LogP contribution in [0, 0.1) is 13.8 Å². The maximum absolute atomic E-state index is 14.6. The molecule has 4 rings (SSSR count). The molecule has 3 aromatic carbocycles. The molecule has 1 aliphatic carbocycles. The molecule has 1 aliphatic rings. The number of hydrogen-bond acceptors (Lipinski definition) is 2. The van der Waals surface area contributed by atoms with E-state index in [9.17, 15) is 14.6 Å². The minimum Gasteiger partial charge on any atom is -0.386 e.